The zero-order chi connectivity index (χ0) is 13.8. The first-order valence-corrected chi connectivity index (χ1v) is 5.78. The number of rotatable bonds is 3. The number of phenols is 1. The zero-order valence-electron chi connectivity index (χ0n) is 10.0. The first-order valence-electron chi connectivity index (χ1n) is 5.78. The smallest absolute Gasteiger partial charge is 0.335 e. The number of anilines is 1. The lowest BCUT2D eigenvalue weighted by Gasteiger charge is -2.13. The summed E-state index contributed by atoms with van der Waals surface area (Å²) in [7, 11) is 0. The van der Waals surface area contributed by atoms with Crippen LogP contribution in [0.3, 0.4) is 0 Å². The molecule has 19 heavy (non-hydrogen) atoms. The highest BCUT2D eigenvalue weighted by Crippen LogP contribution is 2.24. The Balaban J connectivity index is 2.02. The molecule has 1 fully saturated rings. The second-order valence-corrected chi connectivity index (χ2v) is 4.20. The number of carboxylic acid groups (broad SMARTS) is 1. The molecular weight excluding hydrogens is 252 g/mol. The Morgan fingerprint density at radius 3 is 2.79 bits per heavy atom. The van der Waals surface area contributed by atoms with E-state index < -0.39 is 12.0 Å². The third-order valence-corrected chi connectivity index (χ3v) is 2.76. The quantitative estimate of drug-likeness (QED) is 0.610. The number of benzene rings is 1. The predicted molar refractivity (Wildman–Crippen MR) is 66.4 cm³/mol. The van der Waals surface area contributed by atoms with Gasteiger partial charge in [-0.3, -0.25) is 0 Å². The average molecular weight is 266 g/mol. The maximum absolute atomic E-state index is 11.7. The fraction of sp³-hybridized carbons (Fsp3) is 0.333. The van der Waals surface area contributed by atoms with Crippen LogP contribution in [0.15, 0.2) is 18.2 Å². The molecule has 1 atom stereocenters. The molecule has 2 rings (SSSR count). The van der Waals surface area contributed by atoms with E-state index in [9.17, 15) is 14.7 Å². The predicted octanol–water partition coefficient (Wildman–Crippen LogP) is 1.00. The van der Waals surface area contributed by atoms with Gasteiger partial charge in [-0.15, -0.1) is 0 Å². The SMILES string of the molecule is O=C(Nc1cc(C(=O)O)ccc1O)NC1CCOC1. The molecule has 0 bridgehead atoms. The number of carbonyl (C=O) groups excluding carboxylic acids is 1. The molecule has 7 heteroatoms. The van der Waals surface area contributed by atoms with E-state index in [1.165, 1.54) is 18.2 Å². The number of urea groups is 1. The van der Waals surface area contributed by atoms with Gasteiger partial charge < -0.3 is 25.6 Å². The lowest BCUT2D eigenvalue weighted by molar-refractivity contribution is 0.0697. The van der Waals surface area contributed by atoms with Gasteiger partial charge >= 0.3 is 12.0 Å². The van der Waals surface area contributed by atoms with Crippen molar-refractivity contribution >= 4 is 17.7 Å². The van der Waals surface area contributed by atoms with Gasteiger partial charge in [0.1, 0.15) is 5.75 Å². The van der Waals surface area contributed by atoms with Crippen molar-refractivity contribution < 1.29 is 24.5 Å². The summed E-state index contributed by atoms with van der Waals surface area (Å²) in [5.74, 6) is -1.32. The summed E-state index contributed by atoms with van der Waals surface area (Å²) in [4.78, 5) is 22.5. The minimum atomic E-state index is -1.13. The molecule has 7 nitrogen and oxygen atoms in total. The van der Waals surface area contributed by atoms with Gasteiger partial charge in [-0.1, -0.05) is 0 Å². The van der Waals surface area contributed by atoms with Crippen molar-refractivity contribution in [1.82, 2.24) is 5.32 Å². The van der Waals surface area contributed by atoms with Gasteiger partial charge in [-0.25, -0.2) is 9.59 Å². The molecule has 102 valence electrons. The van der Waals surface area contributed by atoms with Crippen LogP contribution in [0.25, 0.3) is 0 Å². The van der Waals surface area contributed by atoms with Crippen molar-refractivity contribution in [2.75, 3.05) is 18.5 Å². The van der Waals surface area contributed by atoms with E-state index in [2.05, 4.69) is 10.6 Å². The van der Waals surface area contributed by atoms with Gasteiger partial charge in [0.15, 0.2) is 0 Å². The second kappa shape index (κ2) is 5.57. The number of aromatic hydroxyl groups is 1. The van der Waals surface area contributed by atoms with Crippen molar-refractivity contribution in [2.45, 2.75) is 12.5 Å². The minimum absolute atomic E-state index is 0.0164. The van der Waals surface area contributed by atoms with Crippen molar-refractivity contribution in [3.63, 3.8) is 0 Å². The molecule has 1 aromatic carbocycles. The molecule has 2 amide bonds. The summed E-state index contributed by atoms with van der Waals surface area (Å²) in [6, 6.07) is 3.10. The average Bonchev–Trinajstić information content (AvgIpc) is 2.84. The van der Waals surface area contributed by atoms with Crippen LogP contribution in [0.5, 0.6) is 5.75 Å². The van der Waals surface area contributed by atoms with Crippen molar-refractivity contribution in [2.24, 2.45) is 0 Å². The van der Waals surface area contributed by atoms with Crippen LogP contribution in [0.4, 0.5) is 10.5 Å². The first-order chi connectivity index (χ1) is 9.06. The Morgan fingerprint density at radius 2 is 2.16 bits per heavy atom. The van der Waals surface area contributed by atoms with E-state index >= 15 is 0 Å². The Labute approximate surface area is 109 Å². The van der Waals surface area contributed by atoms with Crippen molar-refractivity contribution in [1.29, 1.82) is 0 Å². The number of ether oxygens (including phenoxy) is 1. The molecule has 0 radical (unpaired) electrons. The number of phenolic OH excluding ortho intramolecular Hbond substituents is 1. The van der Waals surface area contributed by atoms with Crippen molar-refractivity contribution in [3.8, 4) is 5.75 Å². The highest BCUT2D eigenvalue weighted by atomic mass is 16.5. The summed E-state index contributed by atoms with van der Waals surface area (Å²) in [5, 5.41) is 23.5. The standard InChI is InChI=1S/C12H14N2O5/c15-10-2-1-7(11(16)17)5-9(10)14-12(18)13-8-3-4-19-6-8/h1-2,5,8,15H,3-4,6H2,(H,16,17)(H2,13,14,18). The van der Waals surface area contributed by atoms with E-state index in [4.69, 9.17) is 9.84 Å². The van der Waals surface area contributed by atoms with Crippen LogP contribution in [0, 0.1) is 0 Å². The third-order valence-electron chi connectivity index (χ3n) is 2.76. The number of nitrogens with one attached hydrogen (secondary N) is 2. The number of carbonyl (C=O) groups is 2. The maximum atomic E-state index is 11.7. The number of amides is 2. The van der Waals surface area contributed by atoms with Gasteiger partial charge in [-0.05, 0) is 24.6 Å². The van der Waals surface area contributed by atoms with Gasteiger partial charge in [0.05, 0.1) is 23.9 Å². The molecule has 0 aliphatic carbocycles. The Morgan fingerprint density at radius 1 is 1.37 bits per heavy atom. The van der Waals surface area contributed by atoms with Crippen LogP contribution in [0.2, 0.25) is 0 Å². The summed E-state index contributed by atoms with van der Waals surface area (Å²) in [6.07, 6.45) is 0.731. The molecule has 1 unspecified atom stereocenters. The normalized spacial score (nSPS) is 18.0. The van der Waals surface area contributed by atoms with Crippen molar-refractivity contribution in [3.05, 3.63) is 23.8 Å². The highest BCUT2D eigenvalue weighted by Gasteiger charge is 2.18. The molecular formula is C12H14N2O5. The summed E-state index contributed by atoms with van der Waals surface area (Å²) < 4.78 is 5.11. The topological polar surface area (TPSA) is 108 Å². The van der Waals surface area contributed by atoms with E-state index in [0.29, 0.717) is 13.2 Å². The molecule has 0 aromatic heterocycles. The van der Waals surface area contributed by atoms with Crippen LogP contribution in [0.1, 0.15) is 16.8 Å². The largest absolute Gasteiger partial charge is 0.506 e. The number of hydrogen-bond donors (Lipinski definition) is 4. The lowest BCUT2D eigenvalue weighted by Crippen LogP contribution is -2.38. The Hall–Kier alpha value is -2.28. The maximum Gasteiger partial charge on any atom is 0.335 e. The monoisotopic (exact) mass is 266 g/mol. The van der Waals surface area contributed by atoms with Crippen LogP contribution < -0.4 is 10.6 Å². The second-order valence-electron chi connectivity index (χ2n) is 4.20. The molecule has 0 saturated carbocycles. The fourth-order valence-electron chi connectivity index (χ4n) is 1.76. The van der Waals surface area contributed by atoms with E-state index in [0.717, 1.165) is 6.42 Å². The van der Waals surface area contributed by atoms with Gasteiger partial charge in [0.25, 0.3) is 0 Å². The van der Waals surface area contributed by atoms with E-state index in [1.807, 2.05) is 0 Å². The number of aromatic carboxylic acids is 1. The van der Waals surface area contributed by atoms with E-state index in [1.54, 1.807) is 0 Å². The van der Waals surface area contributed by atoms with Crippen LogP contribution >= 0.6 is 0 Å². The number of carboxylic acids is 1. The molecule has 1 aliphatic heterocycles. The van der Waals surface area contributed by atoms with Gasteiger partial charge in [-0.2, -0.15) is 0 Å². The molecule has 1 heterocycles. The van der Waals surface area contributed by atoms with Gasteiger partial charge in [0.2, 0.25) is 0 Å². The van der Waals surface area contributed by atoms with E-state index in [-0.39, 0.29) is 23.0 Å². The molecule has 1 aliphatic rings. The summed E-state index contributed by atoms with van der Waals surface area (Å²) in [6.45, 7) is 1.05. The minimum Gasteiger partial charge on any atom is -0.506 e. The fourth-order valence-corrected chi connectivity index (χ4v) is 1.76. The molecule has 0 spiro atoms. The highest BCUT2D eigenvalue weighted by molar-refractivity contribution is 5.94. The van der Waals surface area contributed by atoms with Crippen LogP contribution in [-0.4, -0.2) is 41.5 Å². The zero-order valence-corrected chi connectivity index (χ0v) is 10.0. The first kappa shape index (κ1) is 13.2. The summed E-state index contributed by atoms with van der Waals surface area (Å²) in [5.41, 5.74) is 0.0358. The molecule has 1 aromatic rings. The molecule has 4 N–H and O–H groups in total. The number of hydrogen-bond acceptors (Lipinski definition) is 4. The molecule has 1 saturated heterocycles. The third kappa shape index (κ3) is 3.35. The van der Waals surface area contributed by atoms with Gasteiger partial charge in [0, 0.05) is 6.61 Å². The Kier molecular flexibility index (Phi) is 3.86. The van der Waals surface area contributed by atoms with Crippen LogP contribution in [-0.2, 0) is 4.74 Å². The Bertz CT molecular complexity index is 497. The summed E-state index contributed by atoms with van der Waals surface area (Å²) >= 11 is 0. The lowest BCUT2D eigenvalue weighted by atomic mass is 10.2.